The van der Waals surface area contributed by atoms with Gasteiger partial charge in [0.25, 0.3) is 0 Å². The topological polar surface area (TPSA) is 73.0 Å². The third kappa shape index (κ3) is 3.56. The van der Waals surface area contributed by atoms with E-state index in [-0.39, 0.29) is 22.1 Å². The van der Waals surface area contributed by atoms with E-state index >= 15 is 0 Å². The Labute approximate surface area is 120 Å². The maximum absolute atomic E-state index is 11.4. The number of nitro groups is 1. The fraction of sp³-hybridized carbons (Fsp3) is 0.786. The zero-order valence-electron chi connectivity index (χ0n) is 13.4. The number of hydrogen-bond acceptors (Lipinski definition) is 4. The molecule has 0 aliphatic rings. The molecule has 0 saturated heterocycles. The smallest absolute Gasteiger partial charge is 0.313 e. The Balaban J connectivity index is 3.20. The highest BCUT2D eigenvalue weighted by Crippen LogP contribution is 2.29. The Morgan fingerprint density at radius 1 is 1.45 bits per heavy atom. The molecule has 0 spiro atoms. The minimum absolute atomic E-state index is 0.0256. The number of likely N-dealkylation sites (N-methyl/N-ethyl adjacent to an activating group) is 1. The average Bonchev–Trinajstić information content (AvgIpc) is 2.61. The molecule has 1 N–H and O–H groups in total. The van der Waals surface area contributed by atoms with Crippen molar-refractivity contribution in [3.05, 3.63) is 21.5 Å². The maximum Gasteiger partial charge on any atom is 0.313 e. The lowest BCUT2D eigenvalue weighted by molar-refractivity contribution is -0.386. The van der Waals surface area contributed by atoms with Gasteiger partial charge in [-0.3, -0.25) is 14.8 Å². The van der Waals surface area contributed by atoms with Gasteiger partial charge in [-0.05, 0) is 18.9 Å². The second-order valence-electron chi connectivity index (χ2n) is 6.28. The van der Waals surface area contributed by atoms with Crippen LogP contribution in [0.25, 0.3) is 0 Å². The normalized spacial score (nSPS) is 13.5. The molecule has 0 saturated carbocycles. The number of aromatic nitrogens is 2. The summed E-state index contributed by atoms with van der Waals surface area (Å²) in [5.74, 6) is 0. The van der Waals surface area contributed by atoms with Crippen LogP contribution in [0.1, 0.15) is 45.5 Å². The van der Waals surface area contributed by atoms with Crippen molar-refractivity contribution < 1.29 is 4.92 Å². The lowest BCUT2D eigenvalue weighted by Gasteiger charge is -2.30. The zero-order chi connectivity index (χ0) is 15.5. The van der Waals surface area contributed by atoms with Crippen molar-refractivity contribution in [2.45, 2.75) is 53.0 Å². The summed E-state index contributed by atoms with van der Waals surface area (Å²) >= 11 is 0. The number of aryl methyl sites for hydroxylation is 2. The summed E-state index contributed by atoms with van der Waals surface area (Å²) in [5.41, 5.74) is 1.52. The molecule has 20 heavy (non-hydrogen) atoms. The molecule has 1 rings (SSSR count). The largest absolute Gasteiger partial charge is 0.316 e. The van der Waals surface area contributed by atoms with Crippen LogP contribution < -0.4 is 5.32 Å². The summed E-state index contributed by atoms with van der Waals surface area (Å²) in [7, 11) is 3.68. The molecule has 0 amide bonds. The van der Waals surface area contributed by atoms with Crippen molar-refractivity contribution in [3.63, 3.8) is 0 Å². The predicted octanol–water partition coefficient (Wildman–Crippen LogP) is 2.46. The lowest BCUT2D eigenvalue weighted by atomic mass is 9.84. The molecule has 6 nitrogen and oxygen atoms in total. The van der Waals surface area contributed by atoms with Crippen LogP contribution in [0.15, 0.2) is 0 Å². The van der Waals surface area contributed by atoms with E-state index in [1.54, 1.807) is 11.7 Å². The van der Waals surface area contributed by atoms with E-state index in [1.807, 2.05) is 14.0 Å². The van der Waals surface area contributed by atoms with Crippen LogP contribution in [0.2, 0.25) is 0 Å². The first kappa shape index (κ1) is 16.6. The fourth-order valence-corrected chi connectivity index (χ4v) is 2.49. The summed E-state index contributed by atoms with van der Waals surface area (Å²) < 4.78 is 1.67. The van der Waals surface area contributed by atoms with Gasteiger partial charge in [0.2, 0.25) is 0 Å². The van der Waals surface area contributed by atoms with Gasteiger partial charge in [-0.15, -0.1) is 0 Å². The summed E-state index contributed by atoms with van der Waals surface area (Å²) in [6.45, 7) is 8.39. The van der Waals surface area contributed by atoms with E-state index in [1.165, 1.54) is 0 Å². The van der Waals surface area contributed by atoms with Gasteiger partial charge in [0.05, 0.1) is 4.92 Å². The van der Waals surface area contributed by atoms with E-state index in [0.29, 0.717) is 24.2 Å². The van der Waals surface area contributed by atoms with Crippen molar-refractivity contribution in [3.8, 4) is 0 Å². The SMILES string of the molecule is CCCc1nn(C)c(CC(NC)C(C)(C)C)c1[N+](=O)[O-]. The molecule has 1 heterocycles. The van der Waals surface area contributed by atoms with Crippen LogP contribution in [-0.4, -0.2) is 27.8 Å². The average molecular weight is 282 g/mol. The van der Waals surface area contributed by atoms with Gasteiger partial charge in [-0.1, -0.05) is 34.1 Å². The summed E-state index contributed by atoms with van der Waals surface area (Å²) in [6.07, 6.45) is 2.10. The standard InChI is InChI=1S/C14H26N4O2/c1-7-8-10-13(18(19)20)11(17(6)16-10)9-12(15-5)14(2,3)4/h12,15H,7-9H2,1-6H3. The first-order valence-corrected chi connectivity index (χ1v) is 7.08. The first-order valence-electron chi connectivity index (χ1n) is 7.08. The molecule has 1 atom stereocenters. The highest BCUT2D eigenvalue weighted by molar-refractivity contribution is 5.42. The van der Waals surface area contributed by atoms with Crippen LogP contribution >= 0.6 is 0 Å². The first-order chi connectivity index (χ1) is 9.22. The minimum atomic E-state index is -0.289. The Morgan fingerprint density at radius 3 is 2.45 bits per heavy atom. The Morgan fingerprint density at radius 2 is 2.05 bits per heavy atom. The van der Waals surface area contributed by atoms with Crippen molar-refractivity contribution in [2.24, 2.45) is 12.5 Å². The third-order valence-electron chi connectivity index (χ3n) is 3.67. The van der Waals surface area contributed by atoms with Gasteiger partial charge >= 0.3 is 5.69 Å². The number of hydrogen-bond donors (Lipinski definition) is 1. The second-order valence-corrected chi connectivity index (χ2v) is 6.28. The molecule has 0 radical (unpaired) electrons. The second kappa shape index (κ2) is 6.35. The van der Waals surface area contributed by atoms with Crippen molar-refractivity contribution in [1.29, 1.82) is 0 Å². The molecular weight excluding hydrogens is 256 g/mol. The van der Waals surface area contributed by atoms with E-state index in [2.05, 4.69) is 31.2 Å². The lowest BCUT2D eigenvalue weighted by Crippen LogP contribution is -2.40. The van der Waals surface area contributed by atoms with Gasteiger partial charge in [-0.25, -0.2) is 0 Å². The summed E-state index contributed by atoms with van der Waals surface area (Å²) in [4.78, 5) is 11.1. The fourth-order valence-electron chi connectivity index (χ4n) is 2.49. The van der Waals surface area contributed by atoms with E-state index in [9.17, 15) is 10.1 Å². The number of nitrogens with zero attached hydrogens (tertiary/aromatic N) is 3. The van der Waals surface area contributed by atoms with Gasteiger partial charge in [-0.2, -0.15) is 5.10 Å². The Hall–Kier alpha value is -1.43. The molecule has 6 heteroatoms. The third-order valence-corrected chi connectivity index (χ3v) is 3.67. The molecule has 0 bridgehead atoms. The number of nitrogens with one attached hydrogen (secondary N) is 1. The summed E-state index contributed by atoms with van der Waals surface area (Å²) in [6, 6.07) is 0.158. The highest BCUT2D eigenvalue weighted by Gasteiger charge is 2.31. The van der Waals surface area contributed by atoms with Crippen molar-refractivity contribution in [2.75, 3.05) is 7.05 Å². The van der Waals surface area contributed by atoms with Crippen LogP contribution in [0, 0.1) is 15.5 Å². The van der Waals surface area contributed by atoms with Crippen LogP contribution in [0.5, 0.6) is 0 Å². The van der Waals surface area contributed by atoms with Gasteiger partial charge in [0, 0.05) is 19.5 Å². The van der Waals surface area contributed by atoms with Crippen LogP contribution in [0.3, 0.4) is 0 Å². The minimum Gasteiger partial charge on any atom is -0.316 e. The van der Waals surface area contributed by atoms with E-state index in [0.717, 1.165) is 6.42 Å². The van der Waals surface area contributed by atoms with Crippen LogP contribution in [0.4, 0.5) is 5.69 Å². The molecule has 1 aromatic heterocycles. The molecular formula is C14H26N4O2. The molecule has 1 unspecified atom stereocenters. The molecule has 0 aromatic carbocycles. The predicted molar refractivity (Wildman–Crippen MR) is 79.9 cm³/mol. The Bertz CT molecular complexity index is 474. The molecule has 1 aromatic rings. The van der Waals surface area contributed by atoms with Crippen molar-refractivity contribution in [1.82, 2.24) is 15.1 Å². The zero-order valence-corrected chi connectivity index (χ0v) is 13.4. The van der Waals surface area contributed by atoms with E-state index < -0.39 is 0 Å². The highest BCUT2D eigenvalue weighted by atomic mass is 16.6. The Kier molecular flexibility index (Phi) is 5.28. The van der Waals surface area contributed by atoms with E-state index in [4.69, 9.17) is 0 Å². The van der Waals surface area contributed by atoms with Gasteiger partial charge in [0.15, 0.2) is 0 Å². The molecule has 114 valence electrons. The van der Waals surface area contributed by atoms with Crippen LogP contribution in [-0.2, 0) is 19.9 Å². The maximum atomic E-state index is 11.4. The molecule has 0 fully saturated rings. The monoisotopic (exact) mass is 282 g/mol. The molecule has 0 aliphatic carbocycles. The summed E-state index contributed by atoms with van der Waals surface area (Å²) in [5, 5.41) is 19.0. The van der Waals surface area contributed by atoms with Gasteiger partial charge < -0.3 is 5.32 Å². The van der Waals surface area contributed by atoms with Gasteiger partial charge in [0.1, 0.15) is 11.4 Å². The number of rotatable bonds is 6. The quantitative estimate of drug-likeness (QED) is 0.642. The molecule has 0 aliphatic heterocycles. The van der Waals surface area contributed by atoms with Crippen molar-refractivity contribution >= 4 is 5.69 Å².